The molecule has 5 nitrogen and oxygen atoms in total. The summed E-state index contributed by atoms with van der Waals surface area (Å²) in [7, 11) is 0. The van der Waals surface area contributed by atoms with Gasteiger partial charge in [0, 0.05) is 6.04 Å². The second kappa shape index (κ2) is 4.69. The Morgan fingerprint density at radius 3 is 2.59 bits per heavy atom. The van der Waals surface area contributed by atoms with Crippen LogP contribution in [-0.2, 0) is 0 Å². The molecule has 1 aliphatic rings. The van der Waals surface area contributed by atoms with Crippen LogP contribution in [0.1, 0.15) is 37.2 Å². The summed E-state index contributed by atoms with van der Waals surface area (Å²) in [6, 6.07) is 0.412. The smallest absolute Gasteiger partial charge is 0.356 e. The highest BCUT2D eigenvalue weighted by atomic mass is 16.4. The van der Waals surface area contributed by atoms with Crippen LogP contribution in [0.4, 0.5) is 5.82 Å². The first kappa shape index (κ1) is 11.8. The van der Waals surface area contributed by atoms with Crippen LogP contribution in [0.2, 0.25) is 0 Å². The summed E-state index contributed by atoms with van der Waals surface area (Å²) in [6.07, 6.45) is 5.12. The SMILES string of the molecule is CC1CCC(Nc2cnc(C(=O)O)cn2)C1C. The fourth-order valence-corrected chi connectivity index (χ4v) is 2.27. The molecule has 3 unspecified atom stereocenters. The molecule has 0 aliphatic heterocycles. The number of rotatable bonds is 3. The molecule has 1 heterocycles. The van der Waals surface area contributed by atoms with Crippen LogP contribution >= 0.6 is 0 Å². The molecule has 0 saturated heterocycles. The molecule has 0 radical (unpaired) electrons. The highest BCUT2D eigenvalue weighted by molar-refractivity contribution is 5.84. The summed E-state index contributed by atoms with van der Waals surface area (Å²) in [5, 5.41) is 12.0. The third-order valence-corrected chi connectivity index (χ3v) is 3.67. The number of carbonyl (C=O) groups is 1. The highest BCUT2D eigenvalue weighted by Gasteiger charge is 2.29. The zero-order valence-corrected chi connectivity index (χ0v) is 10.1. The molecule has 1 aromatic heterocycles. The van der Waals surface area contributed by atoms with Gasteiger partial charge in [0.2, 0.25) is 0 Å². The van der Waals surface area contributed by atoms with Crippen molar-refractivity contribution in [1.29, 1.82) is 0 Å². The van der Waals surface area contributed by atoms with Crippen molar-refractivity contribution in [2.24, 2.45) is 11.8 Å². The number of carboxylic acids is 1. The van der Waals surface area contributed by atoms with Crippen LogP contribution in [0.3, 0.4) is 0 Å². The largest absolute Gasteiger partial charge is 0.476 e. The van der Waals surface area contributed by atoms with Gasteiger partial charge in [-0.05, 0) is 24.7 Å². The van der Waals surface area contributed by atoms with Crippen LogP contribution in [0.25, 0.3) is 0 Å². The van der Waals surface area contributed by atoms with Gasteiger partial charge in [0.1, 0.15) is 5.82 Å². The van der Waals surface area contributed by atoms with Crippen LogP contribution in [0.5, 0.6) is 0 Å². The van der Waals surface area contributed by atoms with Crippen molar-refractivity contribution in [3.05, 3.63) is 18.1 Å². The summed E-state index contributed by atoms with van der Waals surface area (Å²) in [5.41, 5.74) is -0.0246. The summed E-state index contributed by atoms with van der Waals surface area (Å²) in [6.45, 7) is 4.49. The van der Waals surface area contributed by atoms with E-state index in [2.05, 4.69) is 29.1 Å². The molecule has 3 atom stereocenters. The average molecular weight is 235 g/mol. The molecule has 1 saturated carbocycles. The van der Waals surface area contributed by atoms with Crippen molar-refractivity contribution in [3.8, 4) is 0 Å². The summed E-state index contributed by atoms with van der Waals surface area (Å²) < 4.78 is 0. The van der Waals surface area contributed by atoms with E-state index in [9.17, 15) is 4.79 Å². The van der Waals surface area contributed by atoms with Gasteiger partial charge in [0.15, 0.2) is 5.69 Å². The molecule has 92 valence electrons. The van der Waals surface area contributed by atoms with E-state index in [4.69, 9.17) is 5.11 Å². The van der Waals surface area contributed by atoms with Crippen LogP contribution in [0, 0.1) is 11.8 Å². The fraction of sp³-hybridized carbons (Fsp3) is 0.583. The molecule has 17 heavy (non-hydrogen) atoms. The maximum Gasteiger partial charge on any atom is 0.356 e. The Labute approximate surface area is 100 Å². The predicted molar refractivity (Wildman–Crippen MR) is 64.0 cm³/mol. The van der Waals surface area contributed by atoms with E-state index in [1.54, 1.807) is 0 Å². The number of nitrogens with one attached hydrogen (secondary N) is 1. The minimum absolute atomic E-state index is 0.0246. The Morgan fingerprint density at radius 1 is 1.35 bits per heavy atom. The van der Waals surface area contributed by atoms with Crippen LogP contribution < -0.4 is 5.32 Å². The molecule has 1 aromatic rings. The monoisotopic (exact) mass is 235 g/mol. The number of anilines is 1. The topological polar surface area (TPSA) is 75.1 Å². The summed E-state index contributed by atoms with van der Waals surface area (Å²) >= 11 is 0. The number of aromatic nitrogens is 2. The Balaban J connectivity index is 2.02. The maximum absolute atomic E-state index is 10.6. The molecule has 5 heteroatoms. The van der Waals surface area contributed by atoms with E-state index < -0.39 is 5.97 Å². The second-order valence-electron chi connectivity index (χ2n) is 4.76. The van der Waals surface area contributed by atoms with E-state index in [0.717, 1.165) is 12.3 Å². The lowest BCUT2D eigenvalue weighted by Gasteiger charge is -2.19. The van der Waals surface area contributed by atoms with Crippen LogP contribution in [0.15, 0.2) is 12.4 Å². The molecule has 0 bridgehead atoms. The fourth-order valence-electron chi connectivity index (χ4n) is 2.27. The van der Waals surface area contributed by atoms with Gasteiger partial charge < -0.3 is 10.4 Å². The molecule has 1 fully saturated rings. The maximum atomic E-state index is 10.6. The van der Waals surface area contributed by atoms with Crippen molar-refractivity contribution < 1.29 is 9.90 Å². The van der Waals surface area contributed by atoms with Gasteiger partial charge in [-0.1, -0.05) is 13.8 Å². The molecule has 0 spiro atoms. The first-order valence-corrected chi connectivity index (χ1v) is 5.90. The second-order valence-corrected chi connectivity index (χ2v) is 4.76. The molecular formula is C12H17N3O2. The van der Waals surface area contributed by atoms with Gasteiger partial charge in [-0.3, -0.25) is 0 Å². The van der Waals surface area contributed by atoms with Crippen LogP contribution in [-0.4, -0.2) is 27.1 Å². The third-order valence-electron chi connectivity index (χ3n) is 3.67. The van der Waals surface area contributed by atoms with Crippen molar-refractivity contribution >= 4 is 11.8 Å². The quantitative estimate of drug-likeness (QED) is 0.838. The Bertz CT molecular complexity index is 405. The number of carboxylic acid groups (broad SMARTS) is 1. The number of hydrogen-bond donors (Lipinski definition) is 2. The Kier molecular flexibility index (Phi) is 3.26. The van der Waals surface area contributed by atoms with Gasteiger partial charge in [-0.25, -0.2) is 14.8 Å². The zero-order valence-electron chi connectivity index (χ0n) is 10.1. The standard InChI is InChI=1S/C12H17N3O2/c1-7-3-4-9(8(7)2)15-11-6-13-10(5-14-11)12(16)17/h5-9H,3-4H2,1-2H3,(H,14,15)(H,16,17). The van der Waals surface area contributed by atoms with Gasteiger partial charge in [-0.2, -0.15) is 0 Å². The summed E-state index contributed by atoms with van der Waals surface area (Å²) in [4.78, 5) is 18.5. The van der Waals surface area contributed by atoms with E-state index in [1.165, 1.54) is 18.8 Å². The zero-order chi connectivity index (χ0) is 12.4. The van der Waals surface area contributed by atoms with E-state index in [-0.39, 0.29) is 5.69 Å². The number of aromatic carboxylic acids is 1. The highest BCUT2D eigenvalue weighted by Crippen LogP contribution is 2.32. The molecule has 1 aliphatic carbocycles. The Morgan fingerprint density at radius 2 is 2.12 bits per heavy atom. The summed E-state index contributed by atoms with van der Waals surface area (Å²) in [5.74, 6) is 0.933. The van der Waals surface area contributed by atoms with Crippen molar-refractivity contribution in [3.63, 3.8) is 0 Å². The van der Waals surface area contributed by atoms with Gasteiger partial charge in [0.25, 0.3) is 0 Å². The molecule has 2 N–H and O–H groups in total. The average Bonchev–Trinajstić information content (AvgIpc) is 2.62. The lowest BCUT2D eigenvalue weighted by molar-refractivity contribution is 0.0690. The lowest BCUT2D eigenvalue weighted by atomic mass is 9.98. The minimum atomic E-state index is -1.05. The van der Waals surface area contributed by atoms with E-state index in [1.807, 2.05) is 0 Å². The van der Waals surface area contributed by atoms with E-state index >= 15 is 0 Å². The molecule has 0 amide bonds. The van der Waals surface area contributed by atoms with Gasteiger partial charge >= 0.3 is 5.97 Å². The van der Waals surface area contributed by atoms with Crippen molar-refractivity contribution in [2.45, 2.75) is 32.7 Å². The van der Waals surface area contributed by atoms with Crippen molar-refractivity contribution in [1.82, 2.24) is 9.97 Å². The lowest BCUT2D eigenvalue weighted by Crippen LogP contribution is -2.24. The third kappa shape index (κ3) is 2.54. The molecular weight excluding hydrogens is 218 g/mol. The number of hydrogen-bond acceptors (Lipinski definition) is 4. The normalized spacial score (nSPS) is 28.0. The van der Waals surface area contributed by atoms with Gasteiger partial charge in [-0.15, -0.1) is 0 Å². The first-order valence-electron chi connectivity index (χ1n) is 5.90. The van der Waals surface area contributed by atoms with E-state index in [0.29, 0.717) is 17.8 Å². The van der Waals surface area contributed by atoms with Crippen molar-refractivity contribution in [2.75, 3.05) is 5.32 Å². The Hall–Kier alpha value is -1.65. The first-order chi connectivity index (χ1) is 8.08. The molecule has 2 rings (SSSR count). The molecule has 0 aromatic carbocycles. The minimum Gasteiger partial charge on any atom is -0.476 e. The predicted octanol–water partition coefficient (Wildman–Crippen LogP) is 2.02. The number of nitrogens with zero attached hydrogens (tertiary/aromatic N) is 2. The van der Waals surface area contributed by atoms with Gasteiger partial charge in [0.05, 0.1) is 12.4 Å².